The number of amides is 1. The molecule has 0 unspecified atom stereocenters. The molecule has 2 aromatic rings. The molecule has 0 aliphatic heterocycles. The summed E-state index contributed by atoms with van der Waals surface area (Å²) >= 11 is 11.7. The molecule has 2 N–H and O–H groups in total. The molecule has 1 aromatic heterocycles. The van der Waals surface area contributed by atoms with Crippen LogP contribution < -0.4 is 15.4 Å². The lowest BCUT2D eigenvalue weighted by molar-refractivity contribution is -0.142. The number of halogens is 5. The Bertz CT molecular complexity index is 906. The van der Waals surface area contributed by atoms with Crippen molar-refractivity contribution < 1.29 is 22.7 Å². The average Bonchev–Trinajstić information content (AvgIpc) is 2.70. The maximum atomic E-state index is 13.4. The fourth-order valence-corrected chi connectivity index (χ4v) is 3.46. The highest BCUT2D eigenvalue weighted by molar-refractivity contribution is 6.42. The molecule has 0 radical (unpaired) electrons. The van der Waals surface area contributed by atoms with E-state index in [2.05, 4.69) is 20.6 Å². The maximum absolute atomic E-state index is 13.4. The third kappa shape index (κ3) is 6.12. The number of ether oxygens (including phenoxy) is 1. The van der Waals surface area contributed by atoms with Crippen LogP contribution in [0.2, 0.25) is 10.0 Å². The molecule has 30 heavy (non-hydrogen) atoms. The van der Waals surface area contributed by atoms with Crippen LogP contribution in [0, 0.1) is 5.92 Å². The lowest BCUT2D eigenvalue weighted by atomic mass is 9.89. The number of hydrogen-bond donors (Lipinski definition) is 2. The molecule has 1 aromatic carbocycles. The molecule has 1 saturated carbocycles. The second kappa shape index (κ2) is 9.70. The first-order valence-electron chi connectivity index (χ1n) is 9.34. The number of nitrogens with zero attached hydrogens (tertiary/aromatic N) is 2. The van der Waals surface area contributed by atoms with Crippen molar-refractivity contribution in [2.24, 2.45) is 5.92 Å². The van der Waals surface area contributed by atoms with Crippen LogP contribution in [0.15, 0.2) is 24.4 Å². The van der Waals surface area contributed by atoms with Crippen LogP contribution in [0.4, 0.5) is 29.6 Å². The molecule has 0 spiro atoms. The van der Waals surface area contributed by atoms with Crippen molar-refractivity contribution >= 4 is 40.9 Å². The number of aromatic nitrogens is 2. The monoisotopic (exact) mass is 462 g/mol. The van der Waals surface area contributed by atoms with Gasteiger partial charge in [0.15, 0.2) is 11.4 Å². The van der Waals surface area contributed by atoms with Crippen LogP contribution in [0.1, 0.15) is 37.8 Å². The van der Waals surface area contributed by atoms with E-state index < -0.39 is 23.7 Å². The van der Waals surface area contributed by atoms with Gasteiger partial charge in [-0.3, -0.25) is 0 Å². The van der Waals surface area contributed by atoms with Gasteiger partial charge in [-0.25, -0.2) is 14.8 Å². The SMILES string of the molecule is O=C(NCC1CCCCC1)Oc1cnc(Nc2ccc(Cl)c(Cl)c2)nc1C(F)(F)F. The van der Waals surface area contributed by atoms with Gasteiger partial charge in [0.05, 0.1) is 16.2 Å². The summed E-state index contributed by atoms with van der Waals surface area (Å²) in [6.45, 7) is 0.359. The van der Waals surface area contributed by atoms with Gasteiger partial charge >= 0.3 is 12.3 Å². The highest BCUT2D eigenvalue weighted by Gasteiger charge is 2.38. The van der Waals surface area contributed by atoms with Gasteiger partial charge in [-0.05, 0) is 37.0 Å². The van der Waals surface area contributed by atoms with Gasteiger partial charge in [-0.2, -0.15) is 13.2 Å². The van der Waals surface area contributed by atoms with Gasteiger partial charge < -0.3 is 15.4 Å². The summed E-state index contributed by atoms with van der Waals surface area (Å²) in [6, 6.07) is 4.41. The Morgan fingerprint density at radius 1 is 1.17 bits per heavy atom. The number of hydrogen-bond acceptors (Lipinski definition) is 5. The van der Waals surface area contributed by atoms with Crippen molar-refractivity contribution in [3.05, 3.63) is 40.1 Å². The van der Waals surface area contributed by atoms with E-state index in [9.17, 15) is 18.0 Å². The first kappa shape index (κ1) is 22.4. The van der Waals surface area contributed by atoms with Gasteiger partial charge in [-0.15, -0.1) is 0 Å². The van der Waals surface area contributed by atoms with E-state index in [4.69, 9.17) is 27.9 Å². The number of nitrogens with one attached hydrogen (secondary N) is 2. The van der Waals surface area contributed by atoms with Crippen LogP contribution in [0.25, 0.3) is 0 Å². The minimum atomic E-state index is -4.85. The molecular weight excluding hydrogens is 444 g/mol. The molecule has 162 valence electrons. The normalized spacial score (nSPS) is 15.0. The number of carbonyl (C=O) groups is 1. The third-order valence-corrected chi connectivity index (χ3v) is 5.40. The zero-order valence-corrected chi connectivity index (χ0v) is 17.2. The topological polar surface area (TPSA) is 76.1 Å². The number of rotatable bonds is 5. The molecule has 1 amide bonds. The number of carbonyl (C=O) groups excluding carboxylic acids is 1. The minimum Gasteiger partial charge on any atom is -0.406 e. The zero-order valence-electron chi connectivity index (χ0n) is 15.7. The summed E-state index contributed by atoms with van der Waals surface area (Å²) in [5.41, 5.74) is -1.02. The Balaban J connectivity index is 1.70. The Hall–Kier alpha value is -2.26. The van der Waals surface area contributed by atoms with Crippen LogP contribution in [0.3, 0.4) is 0 Å². The standard InChI is InChI=1S/C19H19Cl2F3N4O2/c20-13-7-6-12(8-14(13)21)27-17-25-10-15(16(28-17)19(22,23)24)30-18(29)26-9-11-4-2-1-3-5-11/h6-8,10-11H,1-5,9H2,(H,26,29)(H,25,27,28). The van der Waals surface area contributed by atoms with Crippen molar-refractivity contribution in [3.8, 4) is 5.75 Å². The number of benzene rings is 1. The van der Waals surface area contributed by atoms with E-state index in [1.165, 1.54) is 18.2 Å². The summed E-state index contributed by atoms with van der Waals surface area (Å²) in [5, 5.41) is 5.64. The van der Waals surface area contributed by atoms with Crippen molar-refractivity contribution in [3.63, 3.8) is 0 Å². The van der Waals surface area contributed by atoms with Crippen molar-refractivity contribution in [1.82, 2.24) is 15.3 Å². The molecule has 6 nitrogen and oxygen atoms in total. The molecule has 11 heteroatoms. The predicted molar refractivity (Wildman–Crippen MR) is 107 cm³/mol. The zero-order chi connectivity index (χ0) is 21.7. The lowest BCUT2D eigenvalue weighted by Crippen LogP contribution is -2.33. The van der Waals surface area contributed by atoms with Crippen molar-refractivity contribution in [1.29, 1.82) is 0 Å². The number of anilines is 2. The highest BCUT2D eigenvalue weighted by atomic mass is 35.5. The Morgan fingerprint density at radius 2 is 1.90 bits per heavy atom. The van der Waals surface area contributed by atoms with Crippen LogP contribution in [0.5, 0.6) is 5.75 Å². The molecule has 1 heterocycles. The van der Waals surface area contributed by atoms with E-state index in [1.54, 1.807) is 0 Å². The Labute approximate surface area is 181 Å². The van der Waals surface area contributed by atoms with Crippen LogP contribution in [-0.2, 0) is 6.18 Å². The average molecular weight is 463 g/mol. The van der Waals surface area contributed by atoms with E-state index in [-0.39, 0.29) is 11.0 Å². The Kier molecular flexibility index (Phi) is 7.25. The molecule has 0 bridgehead atoms. The molecule has 1 fully saturated rings. The van der Waals surface area contributed by atoms with Gasteiger partial charge in [0, 0.05) is 12.2 Å². The summed E-state index contributed by atoms with van der Waals surface area (Å²) in [4.78, 5) is 19.2. The molecule has 1 aliphatic carbocycles. The van der Waals surface area contributed by atoms with E-state index in [0.29, 0.717) is 23.2 Å². The largest absolute Gasteiger partial charge is 0.437 e. The fraction of sp³-hybridized carbons (Fsp3) is 0.421. The van der Waals surface area contributed by atoms with Crippen molar-refractivity contribution in [2.75, 3.05) is 11.9 Å². The van der Waals surface area contributed by atoms with E-state index >= 15 is 0 Å². The van der Waals surface area contributed by atoms with Crippen molar-refractivity contribution in [2.45, 2.75) is 38.3 Å². The molecule has 0 atom stereocenters. The summed E-state index contributed by atoms with van der Waals surface area (Å²) in [7, 11) is 0. The lowest BCUT2D eigenvalue weighted by Gasteiger charge is -2.21. The van der Waals surface area contributed by atoms with E-state index in [0.717, 1.165) is 38.3 Å². The molecule has 1 aliphatic rings. The second-order valence-corrected chi connectivity index (χ2v) is 7.75. The Morgan fingerprint density at radius 3 is 2.57 bits per heavy atom. The first-order chi connectivity index (χ1) is 14.2. The first-order valence-corrected chi connectivity index (χ1v) is 10.1. The van der Waals surface area contributed by atoms with Gasteiger partial charge in [0.2, 0.25) is 5.95 Å². The van der Waals surface area contributed by atoms with Gasteiger partial charge in [-0.1, -0.05) is 42.5 Å². The second-order valence-electron chi connectivity index (χ2n) is 6.93. The van der Waals surface area contributed by atoms with Crippen LogP contribution >= 0.6 is 23.2 Å². The maximum Gasteiger partial charge on any atom is 0.437 e. The molecule has 3 rings (SSSR count). The summed E-state index contributed by atoms with van der Waals surface area (Å²) in [6.07, 6.45) is 0.265. The number of alkyl halides is 3. The quantitative estimate of drug-likeness (QED) is 0.551. The van der Waals surface area contributed by atoms with Gasteiger partial charge in [0.1, 0.15) is 0 Å². The molecular formula is C19H19Cl2F3N4O2. The summed E-state index contributed by atoms with van der Waals surface area (Å²) < 4.78 is 45.2. The minimum absolute atomic E-state index is 0.215. The van der Waals surface area contributed by atoms with E-state index in [1.807, 2.05) is 0 Å². The molecule has 0 saturated heterocycles. The summed E-state index contributed by atoms with van der Waals surface area (Å²) in [5.74, 6) is -0.804. The third-order valence-electron chi connectivity index (χ3n) is 4.66. The smallest absolute Gasteiger partial charge is 0.406 e. The predicted octanol–water partition coefficient (Wildman–Crippen LogP) is 6.21. The fourth-order valence-electron chi connectivity index (χ4n) is 3.17. The van der Waals surface area contributed by atoms with Crippen LogP contribution in [-0.4, -0.2) is 22.6 Å². The highest BCUT2D eigenvalue weighted by Crippen LogP contribution is 2.35. The van der Waals surface area contributed by atoms with Gasteiger partial charge in [0.25, 0.3) is 0 Å².